The highest BCUT2D eigenvalue weighted by Crippen LogP contribution is 2.16. The predicted molar refractivity (Wildman–Crippen MR) is 116 cm³/mol. The van der Waals surface area contributed by atoms with Gasteiger partial charge in [0.1, 0.15) is 12.4 Å². The molecule has 0 fully saturated rings. The Morgan fingerprint density at radius 2 is 1.64 bits per heavy atom. The van der Waals surface area contributed by atoms with Crippen molar-refractivity contribution in [2.24, 2.45) is 5.73 Å². The molecule has 1 unspecified atom stereocenters. The van der Waals surface area contributed by atoms with Gasteiger partial charge in [-0.05, 0) is 41.8 Å². The van der Waals surface area contributed by atoms with E-state index in [1.807, 2.05) is 54.6 Å². The molecule has 3 rings (SSSR count). The van der Waals surface area contributed by atoms with E-state index in [-0.39, 0.29) is 30.7 Å². The van der Waals surface area contributed by atoms with E-state index in [1.165, 1.54) is 0 Å². The highest BCUT2D eigenvalue weighted by Gasteiger charge is 2.14. The Labute approximate surface area is 177 Å². The third-order valence-electron chi connectivity index (χ3n) is 3.89. The molecule has 1 heterocycles. The lowest BCUT2D eigenvalue weighted by Gasteiger charge is -2.13. The van der Waals surface area contributed by atoms with Crippen molar-refractivity contribution in [2.45, 2.75) is 19.1 Å². The topological polar surface area (TPSA) is 77.2 Å². The van der Waals surface area contributed by atoms with E-state index in [4.69, 9.17) is 10.5 Å². The molecule has 148 valence electrons. The summed E-state index contributed by atoms with van der Waals surface area (Å²) >= 11 is 0. The summed E-state index contributed by atoms with van der Waals surface area (Å²) in [6.45, 7) is 0.499. The van der Waals surface area contributed by atoms with Crippen molar-refractivity contribution in [2.75, 3.05) is 5.32 Å². The van der Waals surface area contributed by atoms with Gasteiger partial charge in [0.25, 0.3) is 0 Å². The molecule has 5 nitrogen and oxygen atoms in total. The molecule has 0 spiro atoms. The largest absolute Gasteiger partial charge is 0.489 e. The van der Waals surface area contributed by atoms with Gasteiger partial charge in [-0.15, -0.1) is 24.8 Å². The minimum Gasteiger partial charge on any atom is -0.489 e. The van der Waals surface area contributed by atoms with Crippen LogP contribution in [0.15, 0.2) is 79.1 Å². The summed E-state index contributed by atoms with van der Waals surface area (Å²) in [5.41, 5.74) is 8.78. The van der Waals surface area contributed by atoms with Crippen molar-refractivity contribution < 1.29 is 9.53 Å². The average molecular weight is 420 g/mol. The van der Waals surface area contributed by atoms with Crippen LogP contribution in [0.25, 0.3) is 0 Å². The van der Waals surface area contributed by atoms with Crippen LogP contribution in [-0.4, -0.2) is 16.9 Å². The molecule has 3 N–H and O–H groups in total. The number of carbonyl (C=O) groups is 1. The first kappa shape index (κ1) is 23.4. The molecular formula is C21H23Cl2N3O2. The lowest BCUT2D eigenvalue weighted by molar-refractivity contribution is -0.117. The van der Waals surface area contributed by atoms with Crippen LogP contribution in [-0.2, 0) is 17.8 Å². The van der Waals surface area contributed by atoms with E-state index in [9.17, 15) is 4.79 Å². The molecule has 0 aliphatic rings. The fourth-order valence-electron chi connectivity index (χ4n) is 2.52. The van der Waals surface area contributed by atoms with Crippen LogP contribution in [0.2, 0.25) is 0 Å². The van der Waals surface area contributed by atoms with Gasteiger partial charge in [0.15, 0.2) is 0 Å². The van der Waals surface area contributed by atoms with Gasteiger partial charge in [0, 0.05) is 18.1 Å². The number of pyridine rings is 1. The molecular weight excluding hydrogens is 397 g/mol. The molecule has 0 aliphatic carbocycles. The molecule has 0 aliphatic heterocycles. The Balaban J connectivity index is 0.00000196. The summed E-state index contributed by atoms with van der Waals surface area (Å²) in [6.07, 6.45) is 3.67. The second-order valence-electron chi connectivity index (χ2n) is 5.96. The zero-order chi connectivity index (χ0) is 18.2. The fraction of sp³-hybridized carbons (Fsp3) is 0.143. The Kier molecular flexibility index (Phi) is 10.0. The molecule has 0 saturated heterocycles. The minimum absolute atomic E-state index is 0. The van der Waals surface area contributed by atoms with E-state index in [0.29, 0.717) is 18.7 Å². The number of anilines is 1. The monoisotopic (exact) mass is 419 g/mol. The van der Waals surface area contributed by atoms with E-state index < -0.39 is 6.04 Å². The molecule has 28 heavy (non-hydrogen) atoms. The number of nitrogens with two attached hydrogens (primary N) is 1. The molecule has 0 saturated carbocycles. The summed E-state index contributed by atoms with van der Waals surface area (Å²) in [7, 11) is 0. The van der Waals surface area contributed by atoms with Crippen molar-refractivity contribution in [3.8, 4) is 5.75 Å². The van der Waals surface area contributed by atoms with E-state index in [0.717, 1.165) is 16.9 Å². The number of carbonyl (C=O) groups excluding carboxylic acids is 1. The lowest BCUT2D eigenvalue weighted by Crippen LogP contribution is -2.37. The number of amides is 1. The van der Waals surface area contributed by atoms with E-state index >= 15 is 0 Å². The van der Waals surface area contributed by atoms with Gasteiger partial charge in [-0.3, -0.25) is 9.78 Å². The Morgan fingerprint density at radius 3 is 2.36 bits per heavy atom. The molecule has 0 radical (unpaired) electrons. The average Bonchev–Trinajstić information content (AvgIpc) is 2.68. The van der Waals surface area contributed by atoms with Gasteiger partial charge in [0.2, 0.25) is 5.91 Å². The predicted octanol–water partition coefficient (Wildman–Crippen LogP) is 4.01. The van der Waals surface area contributed by atoms with Gasteiger partial charge in [0.05, 0.1) is 6.04 Å². The van der Waals surface area contributed by atoms with Gasteiger partial charge < -0.3 is 15.8 Å². The highest BCUT2D eigenvalue weighted by molar-refractivity contribution is 5.94. The number of hydrogen-bond donors (Lipinski definition) is 2. The minimum atomic E-state index is -0.646. The van der Waals surface area contributed by atoms with E-state index in [2.05, 4.69) is 10.3 Å². The van der Waals surface area contributed by atoms with Crippen LogP contribution in [0.4, 0.5) is 5.69 Å². The first-order valence-electron chi connectivity index (χ1n) is 8.43. The van der Waals surface area contributed by atoms with Gasteiger partial charge in [-0.25, -0.2) is 0 Å². The number of nitrogens with one attached hydrogen (secondary N) is 1. The lowest BCUT2D eigenvalue weighted by atomic mass is 10.1. The number of halogens is 2. The number of benzene rings is 2. The zero-order valence-electron chi connectivity index (χ0n) is 15.2. The summed E-state index contributed by atoms with van der Waals surface area (Å²) in [6, 6.07) is 20.4. The number of nitrogens with zero attached hydrogens (tertiary/aromatic N) is 1. The molecule has 1 atom stereocenters. The Morgan fingerprint density at radius 1 is 0.964 bits per heavy atom. The highest BCUT2D eigenvalue weighted by atomic mass is 35.5. The molecule has 2 aromatic carbocycles. The van der Waals surface area contributed by atoms with Crippen molar-refractivity contribution in [3.63, 3.8) is 0 Å². The number of aromatic nitrogens is 1. The Hall–Kier alpha value is -2.60. The third kappa shape index (κ3) is 7.19. The normalized spacial score (nSPS) is 10.8. The maximum Gasteiger partial charge on any atom is 0.241 e. The van der Waals surface area contributed by atoms with Crippen LogP contribution in [0, 0.1) is 0 Å². The fourth-order valence-corrected chi connectivity index (χ4v) is 2.52. The summed E-state index contributed by atoms with van der Waals surface area (Å²) in [4.78, 5) is 16.1. The van der Waals surface area contributed by atoms with Crippen LogP contribution in [0.3, 0.4) is 0 Å². The maximum absolute atomic E-state index is 12.2. The molecule has 1 amide bonds. The molecule has 0 bridgehead atoms. The summed E-state index contributed by atoms with van der Waals surface area (Å²) in [5.74, 6) is 0.528. The van der Waals surface area contributed by atoms with Gasteiger partial charge in [-0.1, -0.05) is 42.5 Å². The van der Waals surface area contributed by atoms with Crippen molar-refractivity contribution in [1.82, 2.24) is 4.98 Å². The van der Waals surface area contributed by atoms with Crippen molar-refractivity contribution in [1.29, 1.82) is 0 Å². The van der Waals surface area contributed by atoms with Crippen LogP contribution >= 0.6 is 24.8 Å². The zero-order valence-corrected chi connectivity index (χ0v) is 16.8. The summed E-state index contributed by atoms with van der Waals surface area (Å²) < 4.78 is 5.82. The van der Waals surface area contributed by atoms with Gasteiger partial charge >= 0.3 is 0 Å². The molecule has 7 heteroatoms. The van der Waals surface area contributed by atoms with Crippen molar-refractivity contribution in [3.05, 3.63) is 90.3 Å². The van der Waals surface area contributed by atoms with Crippen LogP contribution in [0.5, 0.6) is 5.75 Å². The maximum atomic E-state index is 12.2. The third-order valence-corrected chi connectivity index (χ3v) is 3.89. The Bertz CT molecular complexity index is 849. The number of rotatable bonds is 7. The quantitative estimate of drug-likeness (QED) is 0.606. The summed E-state index contributed by atoms with van der Waals surface area (Å²) in [5, 5.41) is 2.79. The number of ether oxygens (including phenoxy) is 1. The van der Waals surface area contributed by atoms with E-state index in [1.54, 1.807) is 24.5 Å². The number of hydrogen-bond acceptors (Lipinski definition) is 4. The second-order valence-corrected chi connectivity index (χ2v) is 5.96. The second kappa shape index (κ2) is 12.0. The molecule has 1 aromatic heterocycles. The molecule has 3 aromatic rings. The first-order chi connectivity index (χ1) is 12.7. The van der Waals surface area contributed by atoms with Crippen molar-refractivity contribution >= 4 is 36.4 Å². The van der Waals surface area contributed by atoms with Crippen LogP contribution < -0.4 is 15.8 Å². The SMILES string of the molecule is Cl.Cl.NC(Cc1cccc(OCc2ccccc2)c1)C(=O)Nc1ccncc1. The van der Waals surface area contributed by atoms with Crippen LogP contribution in [0.1, 0.15) is 11.1 Å². The standard InChI is InChI=1S/C21H21N3O2.2ClH/c22-20(21(25)24-18-9-11-23-12-10-18)14-17-7-4-8-19(13-17)26-15-16-5-2-1-3-6-16;;/h1-13,20H,14-15,22H2,(H,23,24,25);2*1H. The van der Waals surface area contributed by atoms with Gasteiger partial charge in [-0.2, -0.15) is 0 Å². The first-order valence-corrected chi connectivity index (χ1v) is 8.43. The smallest absolute Gasteiger partial charge is 0.241 e.